The van der Waals surface area contributed by atoms with Crippen molar-refractivity contribution in [2.45, 2.75) is 19.3 Å². The summed E-state index contributed by atoms with van der Waals surface area (Å²) in [5, 5.41) is 5.98. The first-order valence-electron chi connectivity index (χ1n) is 4.75. The van der Waals surface area contributed by atoms with E-state index < -0.39 is 0 Å². The lowest BCUT2D eigenvalue weighted by molar-refractivity contribution is -0.108. The Morgan fingerprint density at radius 1 is 1.67 bits per heavy atom. The average molecular weight is 221 g/mol. The summed E-state index contributed by atoms with van der Waals surface area (Å²) in [6.07, 6.45) is 1.37. The molecule has 0 aliphatic carbocycles. The maximum atomic E-state index is 10.4. The van der Waals surface area contributed by atoms with Gasteiger partial charge >= 0.3 is 0 Å². The molecule has 0 aliphatic heterocycles. The van der Waals surface area contributed by atoms with Gasteiger partial charge in [-0.05, 0) is 11.4 Å². The molecule has 0 saturated heterocycles. The fourth-order valence-corrected chi connectivity index (χ4v) is 2.00. The normalized spacial score (nSPS) is 12.6. The SMILES string of the molecule is CC(CC=O)c1cc(-c2cccs2)no1. The van der Waals surface area contributed by atoms with Gasteiger partial charge in [0.15, 0.2) is 0 Å². The zero-order valence-corrected chi connectivity index (χ0v) is 9.16. The van der Waals surface area contributed by atoms with E-state index in [9.17, 15) is 4.79 Å². The minimum absolute atomic E-state index is 0.101. The molecule has 1 unspecified atom stereocenters. The summed E-state index contributed by atoms with van der Waals surface area (Å²) in [5.41, 5.74) is 0.845. The van der Waals surface area contributed by atoms with Gasteiger partial charge in [0, 0.05) is 18.4 Å². The van der Waals surface area contributed by atoms with Crippen molar-refractivity contribution in [3.05, 3.63) is 29.3 Å². The Morgan fingerprint density at radius 2 is 2.53 bits per heavy atom. The number of rotatable bonds is 4. The number of aldehydes is 1. The van der Waals surface area contributed by atoms with Gasteiger partial charge in [-0.15, -0.1) is 11.3 Å². The van der Waals surface area contributed by atoms with Crippen molar-refractivity contribution < 1.29 is 9.32 Å². The maximum absolute atomic E-state index is 10.4. The van der Waals surface area contributed by atoms with Crippen LogP contribution in [0, 0.1) is 0 Å². The van der Waals surface area contributed by atoms with Crippen molar-refractivity contribution >= 4 is 17.6 Å². The predicted octanol–water partition coefficient (Wildman–Crippen LogP) is 3.10. The van der Waals surface area contributed by atoms with E-state index in [0.717, 1.165) is 22.6 Å². The molecule has 2 aromatic rings. The molecular weight excluding hydrogens is 210 g/mol. The lowest BCUT2D eigenvalue weighted by Gasteiger charge is -1.99. The number of carbonyl (C=O) groups excluding carboxylic acids is 1. The molecule has 78 valence electrons. The van der Waals surface area contributed by atoms with Gasteiger partial charge in [0.05, 0.1) is 4.88 Å². The van der Waals surface area contributed by atoms with Crippen LogP contribution in [0.1, 0.15) is 25.0 Å². The van der Waals surface area contributed by atoms with Crippen LogP contribution in [0.25, 0.3) is 10.6 Å². The van der Waals surface area contributed by atoms with E-state index in [1.165, 1.54) is 0 Å². The van der Waals surface area contributed by atoms with Crippen LogP contribution in [0.4, 0.5) is 0 Å². The second-order valence-corrected chi connectivity index (χ2v) is 4.34. The van der Waals surface area contributed by atoms with E-state index in [1.54, 1.807) is 11.3 Å². The third-order valence-corrected chi connectivity index (χ3v) is 3.13. The number of aromatic nitrogens is 1. The zero-order chi connectivity index (χ0) is 10.7. The third-order valence-electron chi connectivity index (χ3n) is 2.24. The van der Waals surface area contributed by atoms with E-state index in [2.05, 4.69) is 5.16 Å². The lowest BCUT2D eigenvalue weighted by Crippen LogP contribution is -1.91. The molecule has 0 N–H and O–H groups in total. The molecule has 0 fully saturated rings. The number of hydrogen-bond donors (Lipinski definition) is 0. The van der Waals surface area contributed by atoms with Crippen molar-refractivity contribution in [1.29, 1.82) is 0 Å². The van der Waals surface area contributed by atoms with Crippen LogP contribution in [0.5, 0.6) is 0 Å². The van der Waals surface area contributed by atoms with Crippen LogP contribution in [0.3, 0.4) is 0 Å². The van der Waals surface area contributed by atoms with Crippen LogP contribution in [0.15, 0.2) is 28.1 Å². The fraction of sp³-hybridized carbons (Fsp3) is 0.273. The summed E-state index contributed by atoms with van der Waals surface area (Å²) in [6.45, 7) is 1.95. The first kappa shape index (κ1) is 10.1. The molecule has 0 aromatic carbocycles. The Hall–Kier alpha value is -1.42. The highest BCUT2D eigenvalue weighted by atomic mass is 32.1. The molecule has 3 nitrogen and oxygen atoms in total. The highest BCUT2D eigenvalue weighted by Gasteiger charge is 2.12. The topological polar surface area (TPSA) is 43.1 Å². The first-order chi connectivity index (χ1) is 7.31. The van der Waals surface area contributed by atoms with E-state index >= 15 is 0 Å². The fourth-order valence-electron chi connectivity index (χ4n) is 1.32. The average Bonchev–Trinajstić information content (AvgIpc) is 2.89. The number of thiophene rings is 1. The largest absolute Gasteiger partial charge is 0.360 e. The highest BCUT2D eigenvalue weighted by molar-refractivity contribution is 7.13. The molecule has 2 heterocycles. The van der Waals surface area contributed by atoms with Crippen LogP contribution < -0.4 is 0 Å². The van der Waals surface area contributed by atoms with E-state index in [0.29, 0.717) is 6.42 Å². The van der Waals surface area contributed by atoms with Gasteiger partial charge < -0.3 is 9.32 Å². The molecule has 2 aromatic heterocycles. The predicted molar refractivity (Wildman–Crippen MR) is 58.9 cm³/mol. The highest BCUT2D eigenvalue weighted by Crippen LogP contribution is 2.27. The summed E-state index contributed by atoms with van der Waals surface area (Å²) in [7, 11) is 0. The summed E-state index contributed by atoms with van der Waals surface area (Å²) in [6, 6.07) is 5.87. The van der Waals surface area contributed by atoms with Gasteiger partial charge in [0.1, 0.15) is 17.7 Å². The van der Waals surface area contributed by atoms with Gasteiger partial charge in [0.2, 0.25) is 0 Å². The Labute approximate surface area is 91.7 Å². The monoisotopic (exact) mass is 221 g/mol. The van der Waals surface area contributed by atoms with Gasteiger partial charge in [-0.2, -0.15) is 0 Å². The minimum Gasteiger partial charge on any atom is -0.360 e. The van der Waals surface area contributed by atoms with E-state index in [-0.39, 0.29) is 5.92 Å². The summed E-state index contributed by atoms with van der Waals surface area (Å²) in [5.74, 6) is 0.870. The Balaban J connectivity index is 2.20. The third kappa shape index (κ3) is 2.15. The second-order valence-electron chi connectivity index (χ2n) is 3.40. The Kier molecular flexibility index (Phi) is 2.97. The van der Waals surface area contributed by atoms with Crippen molar-refractivity contribution in [1.82, 2.24) is 5.16 Å². The summed E-state index contributed by atoms with van der Waals surface area (Å²) in [4.78, 5) is 11.5. The molecular formula is C11H11NO2S. The molecule has 0 amide bonds. The standard InChI is InChI=1S/C11H11NO2S/c1-8(4-5-13)10-7-9(12-14-10)11-3-2-6-15-11/h2-3,5-8H,4H2,1H3. The van der Waals surface area contributed by atoms with Crippen molar-refractivity contribution in [3.63, 3.8) is 0 Å². The van der Waals surface area contributed by atoms with Crippen molar-refractivity contribution in [2.75, 3.05) is 0 Å². The summed E-state index contributed by atoms with van der Waals surface area (Å²) < 4.78 is 5.20. The van der Waals surface area contributed by atoms with Crippen LogP contribution in [-0.4, -0.2) is 11.4 Å². The van der Waals surface area contributed by atoms with Crippen molar-refractivity contribution in [3.8, 4) is 10.6 Å². The lowest BCUT2D eigenvalue weighted by atomic mass is 10.1. The smallest absolute Gasteiger partial charge is 0.140 e. The minimum atomic E-state index is 0.101. The Bertz CT molecular complexity index is 433. The van der Waals surface area contributed by atoms with Crippen LogP contribution >= 0.6 is 11.3 Å². The second kappa shape index (κ2) is 4.40. The molecule has 0 aliphatic rings. The molecule has 15 heavy (non-hydrogen) atoms. The molecule has 2 rings (SSSR count). The van der Waals surface area contributed by atoms with Gasteiger partial charge in [-0.3, -0.25) is 0 Å². The number of carbonyl (C=O) groups is 1. The van der Waals surface area contributed by atoms with Gasteiger partial charge in [-0.1, -0.05) is 18.1 Å². The summed E-state index contributed by atoms with van der Waals surface area (Å²) >= 11 is 1.62. The van der Waals surface area contributed by atoms with E-state index in [1.807, 2.05) is 30.5 Å². The molecule has 0 saturated carbocycles. The molecule has 0 bridgehead atoms. The van der Waals surface area contributed by atoms with Gasteiger partial charge in [0.25, 0.3) is 0 Å². The molecule has 0 radical (unpaired) electrons. The number of nitrogens with zero attached hydrogens (tertiary/aromatic N) is 1. The first-order valence-corrected chi connectivity index (χ1v) is 5.63. The van der Waals surface area contributed by atoms with Gasteiger partial charge in [-0.25, -0.2) is 0 Å². The zero-order valence-electron chi connectivity index (χ0n) is 8.34. The van der Waals surface area contributed by atoms with E-state index in [4.69, 9.17) is 4.52 Å². The molecule has 4 heteroatoms. The Morgan fingerprint density at radius 3 is 3.20 bits per heavy atom. The van der Waals surface area contributed by atoms with Crippen LogP contribution in [0.2, 0.25) is 0 Å². The molecule has 0 spiro atoms. The van der Waals surface area contributed by atoms with Crippen molar-refractivity contribution in [2.24, 2.45) is 0 Å². The quantitative estimate of drug-likeness (QED) is 0.745. The molecule has 1 atom stereocenters. The maximum Gasteiger partial charge on any atom is 0.140 e. The number of hydrogen-bond acceptors (Lipinski definition) is 4. The van der Waals surface area contributed by atoms with Crippen LogP contribution in [-0.2, 0) is 4.79 Å².